The van der Waals surface area contributed by atoms with Gasteiger partial charge in [-0.25, -0.2) is 9.59 Å². The summed E-state index contributed by atoms with van der Waals surface area (Å²) in [4.78, 5) is 23.9. The number of hydrogen-bond donors (Lipinski definition) is 0. The molecule has 29 heavy (non-hydrogen) atoms. The Morgan fingerprint density at radius 3 is 2.10 bits per heavy atom. The van der Waals surface area contributed by atoms with Gasteiger partial charge in [0.05, 0.1) is 38.1 Å². The Hall–Kier alpha value is -2.74. The first-order chi connectivity index (χ1) is 14.2. The molecule has 0 N–H and O–H groups in total. The molecule has 0 radical (unpaired) electrons. The van der Waals surface area contributed by atoms with Crippen LogP contribution in [-0.2, 0) is 30.3 Å². The van der Waals surface area contributed by atoms with Crippen LogP contribution in [0.1, 0.15) is 26.3 Å². The fraction of sp³-hybridized carbons (Fsp3) is 0.364. The predicted molar refractivity (Wildman–Crippen MR) is 101 cm³/mol. The van der Waals surface area contributed by atoms with Crippen molar-refractivity contribution in [3.05, 3.63) is 71.3 Å². The number of fused-ring (bicyclic) bond motifs is 1. The largest absolute Gasteiger partial charge is 0.465 e. The quantitative estimate of drug-likeness (QED) is 0.691. The topological polar surface area (TPSA) is 80.3 Å². The highest BCUT2D eigenvalue weighted by molar-refractivity contribution is 5.93. The van der Waals surface area contributed by atoms with Crippen LogP contribution >= 0.6 is 0 Å². The van der Waals surface area contributed by atoms with Crippen molar-refractivity contribution in [1.82, 2.24) is 0 Å². The van der Waals surface area contributed by atoms with Crippen LogP contribution in [-0.4, -0.2) is 56.7 Å². The molecular formula is C22H22O7. The summed E-state index contributed by atoms with van der Waals surface area (Å²) in [6.45, 7) is 1.12. The van der Waals surface area contributed by atoms with E-state index < -0.39 is 18.0 Å². The van der Waals surface area contributed by atoms with Gasteiger partial charge in [-0.05, 0) is 29.8 Å². The van der Waals surface area contributed by atoms with Crippen molar-refractivity contribution in [3.63, 3.8) is 0 Å². The summed E-state index contributed by atoms with van der Waals surface area (Å²) >= 11 is 0. The van der Waals surface area contributed by atoms with Crippen molar-refractivity contribution in [2.75, 3.05) is 20.3 Å². The van der Waals surface area contributed by atoms with Crippen molar-refractivity contribution in [2.24, 2.45) is 0 Å². The molecule has 2 aromatic rings. The van der Waals surface area contributed by atoms with E-state index in [1.165, 1.54) is 31.4 Å². The molecule has 0 saturated carbocycles. The van der Waals surface area contributed by atoms with E-state index in [2.05, 4.69) is 4.74 Å². The van der Waals surface area contributed by atoms with Gasteiger partial charge < -0.3 is 23.7 Å². The average Bonchev–Trinajstić information content (AvgIpc) is 3.35. The van der Waals surface area contributed by atoms with Gasteiger partial charge >= 0.3 is 11.9 Å². The third-order valence-corrected chi connectivity index (χ3v) is 5.07. The van der Waals surface area contributed by atoms with Gasteiger partial charge in [-0.3, -0.25) is 0 Å². The molecule has 0 spiro atoms. The summed E-state index contributed by atoms with van der Waals surface area (Å²) < 4.78 is 27.8. The first-order valence-corrected chi connectivity index (χ1v) is 9.44. The zero-order chi connectivity index (χ0) is 20.2. The molecule has 7 heteroatoms. The maximum atomic E-state index is 12.5. The Morgan fingerprint density at radius 2 is 1.45 bits per heavy atom. The lowest BCUT2D eigenvalue weighted by Gasteiger charge is -2.17. The lowest BCUT2D eigenvalue weighted by Crippen LogP contribution is -2.35. The third-order valence-electron chi connectivity index (χ3n) is 5.07. The van der Waals surface area contributed by atoms with Crippen molar-refractivity contribution >= 4 is 11.9 Å². The van der Waals surface area contributed by atoms with E-state index in [-0.39, 0.29) is 24.9 Å². The zero-order valence-electron chi connectivity index (χ0n) is 16.0. The number of esters is 2. The van der Waals surface area contributed by atoms with Gasteiger partial charge in [0.2, 0.25) is 0 Å². The minimum Gasteiger partial charge on any atom is -0.465 e. The second kappa shape index (κ2) is 8.73. The van der Waals surface area contributed by atoms with Crippen molar-refractivity contribution in [1.29, 1.82) is 0 Å². The highest BCUT2D eigenvalue weighted by atomic mass is 16.7. The second-order valence-electron chi connectivity index (χ2n) is 6.94. The van der Waals surface area contributed by atoms with E-state index in [9.17, 15) is 9.59 Å². The Bertz CT molecular complexity index is 849. The standard InChI is InChI=1S/C22H22O7/c1-25-21(23)15-7-9-16(10-8-15)22(24)29-18-13-28-19-17(12-27-20(18)19)26-11-14-5-3-2-4-6-14/h2-10,17-20H,11-13H2,1H3/t17-,18+,19?,20?/m1/s1. The molecule has 7 nitrogen and oxygen atoms in total. The van der Waals surface area contributed by atoms with Gasteiger partial charge in [-0.2, -0.15) is 0 Å². The molecule has 4 atom stereocenters. The van der Waals surface area contributed by atoms with Crippen molar-refractivity contribution in [3.8, 4) is 0 Å². The zero-order valence-corrected chi connectivity index (χ0v) is 16.0. The monoisotopic (exact) mass is 398 g/mol. The van der Waals surface area contributed by atoms with Gasteiger partial charge in [0.1, 0.15) is 18.3 Å². The van der Waals surface area contributed by atoms with Gasteiger partial charge in [0.25, 0.3) is 0 Å². The Morgan fingerprint density at radius 1 is 0.862 bits per heavy atom. The van der Waals surface area contributed by atoms with Gasteiger partial charge in [0.15, 0.2) is 6.10 Å². The Balaban J connectivity index is 1.32. The van der Waals surface area contributed by atoms with Crippen LogP contribution in [0.15, 0.2) is 54.6 Å². The van der Waals surface area contributed by atoms with Crippen LogP contribution in [0.25, 0.3) is 0 Å². The van der Waals surface area contributed by atoms with E-state index in [1.54, 1.807) is 0 Å². The maximum Gasteiger partial charge on any atom is 0.338 e. The Labute approximate surface area is 168 Å². The molecule has 0 amide bonds. The number of carbonyl (C=O) groups excluding carboxylic acids is 2. The molecule has 0 aromatic heterocycles. The van der Waals surface area contributed by atoms with Crippen LogP contribution in [0.3, 0.4) is 0 Å². The molecule has 0 aliphatic carbocycles. The molecule has 2 unspecified atom stereocenters. The SMILES string of the molecule is COC(=O)c1ccc(C(=O)O[C@H]2COC3C2OC[C@H]3OCc2ccccc2)cc1. The van der Waals surface area contributed by atoms with E-state index in [1.807, 2.05) is 30.3 Å². The Kier molecular flexibility index (Phi) is 5.89. The normalized spacial score (nSPS) is 25.4. The third kappa shape index (κ3) is 4.32. The number of ether oxygens (including phenoxy) is 5. The van der Waals surface area contributed by atoms with Crippen LogP contribution in [0.4, 0.5) is 0 Å². The van der Waals surface area contributed by atoms with Crippen molar-refractivity contribution < 1.29 is 33.3 Å². The fourth-order valence-electron chi connectivity index (χ4n) is 3.52. The first kappa shape index (κ1) is 19.6. The van der Waals surface area contributed by atoms with E-state index in [0.717, 1.165) is 5.56 Å². The molecule has 152 valence electrons. The summed E-state index contributed by atoms with van der Waals surface area (Å²) in [7, 11) is 1.31. The van der Waals surface area contributed by atoms with Crippen LogP contribution in [0.2, 0.25) is 0 Å². The molecule has 2 fully saturated rings. The lowest BCUT2D eigenvalue weighted by molar-refractivity contribution is -0.0471. The van der Waals surface area contributed by atoms with Gasteiger partial charge in [0, 0.05) is 0 Å². The molecule has 2 aromatic carbocycles. The van der Waals surface area contributed by atoms with Crippen LogP contribution in [0.5, 0.6) is 0 Å². The highest BCUT2D eigenvalue weighted by Crippen LogP contribution is 2.31. The minimum absolute atomic E-state index is 0.205. The predicted octanol–water partition coefficient (Wildman–Crippen LogP) is 2.38. The summed E-state index contributed by atoms with van der Waals surface area (Å²) in [5.41, 5.74) is 1.79. The van der Waals surface area contributed by atoms with Crippen molar-refractivity contribution in [2.45, 2.75) is 31.0 Å². The average molecular weight is 398 g/mol. The fourth-order valence-corrected chi connectivity index (χ4v) is 3.52. The first-order valence-electron chi connectivity index (χ1n) is 9.44. The summed E-state index contributed by atoms with van der Waals surface area (Å²) in [6, 6.07) is 16.0. The van der Waals surface area contributed by atoms with Gasteiger partial charge in [-0.1, -0.05) is 30.3 Å². The summed E-state index contributed by atoms with van der Waals surface area (Å²) in [5, 5.41) is 0. The molecule has 0 bridgehead atoms. The summed E-state index contributed by atoms with van der Waals surface area (Å²) in [6.07, 6.45) is -1.33. The highest BCUT2D eigenvalue weighted by Gasteiger charge is 2.50. The molecule has 2 heterocycles. The van der Waals surface area contributed by atoms with E-state index >= 15 is 0 Å². The molecule has 2 aliphatic rings. The second-order valence-corrected chi connectivity index (χ2v) is 6.94. The smallest absolute Gasteiger partial charge is 0.338 e. The van der Waals surface area contributed by atoms with E-state index in [4.69, 9.17) is 18.9 Å². The van der Waals surface area contributed by atoms with Crippen LogP contribution in [0, 0.1) is 0 Å². The summed E-state index contributed by atoms with van der Waals surface area (Å²) in [5.74, 6) is -0.953. The molecule has 2 saturated heterocycles. The number of benzene rings is 2. The lowest BCUT2D eigenvalue weighted by atomic mass is 10.1. The van der Waals surface area contributed by atoms with Gasteiger partial charge in [-0.15, -0.1) is 0 Å². The molecule has 2 aliphatic heterocycles. The van der Waals surface area contributed by atoms with Crippen LogP contribution < -0.4 is 0 Å². The number of methoxy groups -OCH3 is 1. The molecular weight excluding hydrogens is 376 g/mol. The maximum absolute atomic E-state index is 12.5. The molecule has 4 rings (SSSR count). The van der Waals surface area contributed by atoms with E-state index in [0.29, 0.717) is 24.3 Å². The minimum atomic E-state index is -0.502. The number of hydrogen-bond acceptors (Lipinski definition) is 7. The number of rotatable bonds is 6. The number of carbonyl (C=O) groups is 2.